The number of urea groups is 1. The summed E-state index contributed by atoms with van der Waals surface area (Å²) in [5, 5.41) is 0. The van der Waals surface area contributed by atoms with Gasteiger partial charge in [-0.1, -0.05) is 12.1 Å². The molecule has 2 amide bonds. The van der Waals surface area contributed by atoms with Gasteiger partial charge in [-0.15, -0.1) is 0 Å². The van der Waals surface area contributed by atoms with Crippen molar-refractivity contribution in [3.8, 4) is 5.75 Å². The number of benzene rings is 1. The van der Waals surface area contributed by atoms with Gasteiger partial charge in [-0.05, 0) is 49.5 Å². The zero-order chi connectivity index (χ0) is 16.8. The summed E-state index contributed by atoms with van der Waals surface area (Å²) in [4.78, 5) is 19.3. The second-order valence-corrected chi connectivity index (χ2v) is 7.56. The van der Waals surface area contributed by atoms with E-state index in [-0.39, 0.29) is 6.03 Å². The Morgan fingerprint density at radius 3 is 2.38 bits per heavy atom. The number of rotatable bonds is 2. The van der Waals surface area contributed by atoms with E-state index >= 15 is 0 Å². The van der Waals surface area contributed by atoms with Crippen LogP contribution in [-0.4, -0.2) is 73.7 Å². The molecule has 1 aromatic carbocycles. The third-order valence-electron chi connectivity index (χ3n) is 6.17. The minimum Gasteiger partial charge on any atom is -0.497 e. The monoisotopic (exact) mass is 329 g/mol. The smallest absolute Gasteiger partial charge is 0.319 e. The normalized spacial score (nSPS) is 34.1. The third-order valence-corrected chi connectivity index (χ3v) is 6.17. The van der Waals surface area contributed by atoms with Crippen LogP contribution in [0.15, 0.2) is 24.3 Å². The molecule has 0 aromatic heterocycles. The zero-order valence-corrected chi connectivity index (χ0v) is 14.8. The molecule has 4 aliphatic heterocycles. The van der Waals surface area contributed by atoms with Gasteiger partial charge in [0.1, 0.15) is 5.75 Å². The van der Waals surface area contributed by atoms with E-state index in [0.717, 1.165) is 12.3 Å². The SMILES string of the molecule is COc1ccc([C@@H]2CN(C(=O)N(C)C)[C@@H]3C4CCN(CC4)[C@@H]32)cc1. The molecular weight excluding hydrogens is 302 g/mol. The summed E-state index contributed by atoms with van der Waals surface area (Å²) in [6, 6.07) is 9.43. The molecule has 4 fully saturated rings. The van der Waals surface area contributed by atoms with Crippen molar-refractivity contribution in [3.63, 3.8) is 0 Å². The largest absolute Gasteiger partial charge is 0.497 e. The van der Waals surface area contributed by atoms with Crippen molar-refractivity contribution in [1.29, 1.82) is 0 Å². The molecule has 0 saturated carbocycles. The van der Waals surface area contributed by atoms with Crippen molar-refractivity contribution >= 4 is 6.03 Å². The highest BCUT2D eigenvalue weighted by Crippen LogP contribution is 2.46. The molecule has 0 N–H and O–H groups in total. The van der Waals surface area contributed by atoms with Gasteiger partial charge >= 0.3 is 6.03 Å². The minimum absolute atomic E-state index is 0.162. The molecule has 4 heterocycles. The van der Waals surface area contributed by atoms with E-state index in [4.69, 9.17) is 4.74 Å². The number of likely N-dealkylation sites (tertiary alicyclic amines) is 1. The van der Waals surface area contributed by atoms with Gasteiger partial charge in [0.2, 0.25) is 0 Å². The highest BCUT2D eigenvalue weighted by Gasteiger charge is 2.54. The Bertz CT molecular complexity index is 608. The lowest BCUT2D eigenvalue weighted by Crippen LogP contribution is -2.61. The highest BCUT2D eigenvalue weighted by molar-refractivity contribution is 5.75. The average Bonchev–Trinajstić information content (AvgIpc) is 3.04. The van der Waals surface area contributed by atoms with Gasteiger partial charge in [0.05, 0.1) is 13.2 Å². The first-order valence-corrected chi connectivity index (χ1v) is 8.96. The predicted molar refractivity (Wildman–Crippen MR) is 93.4 cm³/mol. The Morgan fingerprint density at radius 1 is 1.12 bits per heavy atom. The number of fused-ring (bicyclic) bond motifs is 2. The maximum Gasteiger partial charge on any atom is 0.319 e. The summed E-state index contributed by atoms with van der Waals surface area (Å²) < 4.78 is 5.30. The molecule has 0 unspecified atom stereocenters. The number of amides is 2. The third kappa shape index (κ3) is 2.37. The molecule has 5 nitrogen and oxygen atoms in total. The fourth-order valence-corrected chi connectivity index (χ4v) is 5.04. The molecule has 4 saturated heterocycles. The van der Waals surface area contributed by atoms with Gasteiger partial charge in [0.25, 0.3) is 0 Å². The lowest BCUT2D eigenvalue weighted by Gasteiger charge is -2.51. The molecule has 4 aliphatic rings. The van der Waals surface area contributed by atoms with Crippen LogP contribution in [0.5, 0.6) is 5.75 Å². The Morgan fingerprint density at radius 2 is 1.79 bits per heavy atom. The number of carbonyl (C=O) groups is 1. The van der Waals surface area contributed by atoms with E-state index in [1.54, 1.807) is 12.0 Å². The number of nitrogens with zero attached hydrogens (tertiary/aromatic N) is 3. The van der Waals surface area contributed by atoms with E-state index in [1.807, 2.05) is 26.2 Å². The lowest BCUT2D eigenvalue weighted by atomic mass is 9.75. The zero-order valence-electron chi connectivity index (χ0n) is 14.8. The summed E-state index contributed by atoms with van der Waals surface area (Å²) in [5.41, 5.74) is 1.33. The fraction of sp³-hybridized carbons (Fsp3) is 0.632. The molecule has 130 valence electrons. The van der Waals surface area contributed by atoms with Gasteiger partial charge in [0.15, 0.2) is 0 Å². The molecule has 5 heteroatoms. The molecule has 24 heavy (non-hydrogen) atoms. The van der Waals surface area contributed by atoms with Crippen molar-refractivity contribution in [2.24, 2.45) is 5.92 Å². The number of carbonyl (C=O) groups excluding carboxylic acids is 1. The number of hydrogen-bond acceptors (Lipinski definition) is 3. The standard InChI is InChI=1S/C19H27N3O2/c1-20(2)19(23)22-12-16(13-4-6-15(24-3)7-5-13)18-17(22)14-8-10-21(18)11-9-14/h4-7,14,16-18H,8-12H2,1-3H3/t16-,17+,18+/m0/s1. The van der Waals surface area contributed by atoms with Crippen molar-refractivity contribution in [2.75, 3.05) is 40.8 Å². The van der Waals surface area contributed by atoms with Crippen molar-refractivity contribution < 1.29 is 9.53 Å². The molecule has 0 aliphatic carbocycles. The first-order valence-electron chi connectivity index (χ1n) is 8.96. The number of piperidine rings is 3. The molecule has 2 bridgehead atoms. The molecule has 5 rings (SSSR count). The van der Waals surface area contributed by atoms with E-state index < -0.39 is 0 Å². The fourth-order valence-electron chi connectivity index (χ4n) is 5.04. The number of ether oxygens (including phenoxy) is 1. The molecule has 0 spiro atoms. The summed E-state index contributed by atoms with van der Waals surface area (Å²) >= 11 is 0. The van der Waals surface area contributed by atoms with Crippen molar-refractivity contribution in [2.45, 2.75) is 30.8 Å². The van der Waals surface area contributed by atoms with Crippen molar-refractivity contribution in [1.82, 2.24) is 14.7 Å². The maximum absolute atomic E-state index is 12.8. The van der Waals surface area contributed by atoms with E-state index in [2.05, 4.69) is 21.9 Å². The Hall–Kier alpha value is -1.75. The number of hydrogen-bond donors (Lipinski definition) is 0. The highest BCUT2D eigenvalue weighted by atomic mass is 16.5. The topological polar surface area (TPSA) is 36.0 Å². The Kier molecular flexibility index (Phi) is 3.91. The van der Waals surface area contributed by atoms with Crippen LogP contribution in [0.25, 0.3) is 0 Å². The van der Waals surface area contributed by atoms with E-state index in [9.17, 15) is 4.79 Å². The van der Waals surface area contributed by atoms with Gasteiger partial charge in [-0.3, -0.25) is 4.90 Å². The predicted octanol–water partition coefficient (Wildman–Crippen LogP) is 2.24. The number of methoxy groups -OCH3 is 1. The molecule has 1 aromatic rings. The molecule has 3 atom stereocenters. The van der Waals surface area contributed by atoms with Crippen LogP contribution in [0.1, 0.15) is 24.3 Å². The van der Waals surface area contributed by atoms with Crippen LogP contribution >= 0.6 is 0 Å². The summed E-state index contributed by atoms with van der Waals surface area (Å²) in [7, 11) is 5.42. The summed E-state index contributed by atoms with van der Waals surface area (Å²) in [6.45, 7) is 3.19. The van der Waals surface area contributed by atoms with Gasteiger partial charge < -0.3 is 14.5 Å². The summed E-state index contributed by atoms with van der Waals surface area (Å²) in [6.07, 6.45) is 2.46. The van der Waals surface area contributed by atoms with Crippen LogP contribution in [-0.2, 0) is 0 Å². The molecular formula is C19H27N3O2. The second kappa shape index (κ2) is 5.96. The van der Waals surface area contributed by atoms with Crippen molar-refractivity contribution in [3.05, 3.63) is 29.8 Å². The van der Waals surface area contributed by atoms with Crippen LogP contribution in [0.3, 0.4) is 0 Å². The van der Waals surface area contributed by atoms with Crippen LogP contribution in [0.4, 0.5) is 4.79 Å². The average molecular weight is 329 g/mol. The first kappa shape index (κ1) is 15.8. The van der Waals surface area contributed by atoms with Gasteiger partial charge in [0, 0.05) is 32.6 Å². The van der Waals surface area contributed by atoms with Gasteiger partial charge in [-0.2, -0.15) is 0 Å². The van der Waals surface area contributed by atoms with Crippen LogP contribution in [0.2, 0.25) is 0 Å². The van der Waals surface area contributed by atoms with Gasteiger partial charge in [-0.25, -0.2) is 4.79 Å². The quantitative estimate of drug-likeness (QED) is 0.835. The molecule has 0 radical (unpaired) electrons. The second-order valence-electron chi connectivity index (χ2n) is 7.56. The van der Waals surface area contributed by atoms with Crippen LogP contribution in [0, 0.1) is 5.92 Å². The lowest BCUT2D eigenvalue weighted by molar-refractivity contribution is 0.000904. The Balaban J connectivity index is 1.68. The van der Waals surface area contributed by atoms with E-state index in [1.165, 1.54) is 31.5 Å². The maximum atomic E-state index is 12.8. The van der Waals surface area contributed by atoms with E-state index in [0.29, 0.717) is 23.9 Å². The minimum atomic E-state index is 0.162. The first-order chi connectivity index (χ1) is 11.6. The summed E-state index contributed by atoms with van der Waals surface area (Å²) in [5.74, 6) is 1.94. The Labute approximate surface area is 144 Å². The van der Waals surface area contributed by atoms with Crippen LogP contribution < -0.4 is 4.74 Å².